The first-order chi connectivity index (χ1) is 22.3. The van der Waals surface area contributed by atoms with E-state index in [-0.39, 0.29) is 18.5 Å². The van der Waals surface area contributed by atoms with E-state index in [9.17, 15) is 9.18 Å². The van der Waals surface area contributed by atoms with Crippen molar-refractivity contribution >= 4 is 34.8 Å². The Kier molecular flexibility index (Phi) is 9.60. The fourth-order valence-electron chi connectivity index (χ4n) is 5.57. The van der Waals surface area contributed by atoms with E-state index in [1.165, 1.54) is 18.2 Å². The summed E-state index contributed by atoms with van der Waals surface area (Å²) in [4.78, 5) is 27.5. The second-order valence-electron chi connectivity index (χ2n) is 11.1. The first-order valence-electron chi connectivity index (χ1n) is 15.2. The first-order valence-corrected chi connectivity index (χ1v) is 15.5. The number of aliphatic carboxylic acids is 1. The van der Waals surface area contributed by atoms with E-state index in [0.717, 1.165) is 66.9 Å². The lowest BCUT2D eigenvalue weighted by Gasteiger charge is -2.32. The summed E-state index contributed by atoms with van der Waals surface area (Å²) in [5.41, 5.74) is 3.92. The summed E-state index contributed by atoms with van der Waals surface area (Å²) in [6.07, 6.45) is 8.00. The number of aromatic nitrogens is 5. The maximum Gasteiger partial charge on any atom is 0.328 e. The van der Waals surface area contributed by atoms with Gasteiger partial charge in [0.15, 0.2) is 17.2 Å². The lowest BCUT2D eigenvalue weighted by Crippen LogP contribution is -2.38. The van der Waals surface area contributed by atoms with Gasteiger partial charge in [0.25, 0.3) is 0 Å². The third kappa shape index (κ3) is 7.55. The number of aryl methyl sites for hydroxylation is 1. The molecule has 0 saturated carbocycles. The van der Waals surface area contributed by atoms with Gasteiger partial charge in [-0.3, -0.25) is 4.90 Å². The predicted molar refractivity (Wildman–Crippen MR) is 172 cm³/mol. The molecule has 0 unspecified atom stereocenters. The van der Waals surface area contributed by atoms with E-state index in [1.807, 2.05) is 42.9 Å². The van der Waals surface area contributed by atoms with Crippen molar-refractivity contribution in [3.8, 4) is 11.5 Å². The standard InChI is InChI=1S/C34H34ClFN6O4/c1-2-41-22-37-18-26(41)19-42-32(39-30-9-7-25(38-34(30)42)8-11-33(43)44)20-40-14-12-27(13-15-40)46-28-5-3-4-23(16-28)21-45-31-10-6-24(35)17-29(31)36/h3-11,16-18,22,27H,2,12-15,19-21H2,1H3,(H,43,44)/b11-8+. The van der Waals surface area contributed by atoms with Gasteiger partial charge in [-0.15, -0.1) is 0 Å². The van der Waals surface area contributed by atoms with E-state index in [1.54, 1.807) is 12.1 Å². The number of hydrogen-bond donors (Lipinski definition) is 1. The minimum atomic E-state index is -1.03. The van der Waals surface area contributed by atoms with Crippen molar-refractivity contribution in [2.45, 2.75) is 52.1 Å². The summed E-state index contributed by atoms with van der Waals surface area (Å²) >= 11 is 5.84. The molecule has 1 aliphatic heterocycles. The van der Waals surface area contributed by atoms with Crippen LogP contribution in [-0.2, 0) is 31.0 Å². The molecule has 1 aliphatic rings. The molecule has 238 valence electrons. The molecule has 0 spiro atoms. The van der Waals surface area contributed by atoms with Crippen molar-refractivity contribution in [3.63, 3.8) is 0 Å². The zero-order chi connectivity index (χ0) is 32.0. The quantitative estimate of drug-likeness (QED) is 0.160. The van der Waals surface area contributed by atoms with Crippen LogP contribution in [0, 0.1) is 5.82 Å². The van der Waals surface area contributed by atoms with Gasteiger partial charge in [0.1, 0.15) is 29.8 Å². The minimum absolute atomic E-state index is 0.0593. The molecule has 12 heteroatoms. The molecule has 6 rings (SSSR count). The number of nitrogens with zero attached hydrogens (tertiary/aromatic N) is 6. The summed E-state index contributed by atoms with van der Waals surface area (Å²) in [6, 6.07) is 15.7. The number of rotatable bonds is 12. The average Bonchev–Trinajstić information content (AvgIpc) is 3.64. The second kappa shape index (κ2) is 14.1. The van der Waals surface area contributed by atoms with Gasteiger partial charge in [0.2, 0.25) is 0 Å². The fraction of sp³-hybridized carbons (Fsp3) is 0.294. The maximum atomic E-state index is 14.1. The van der Waals surface area contributed by atoms with Gasteiger partial charge >= 0.3 is 5.97 Å². The number of hydrogen-bond acceptors (Lipinski definition) is 7. The van der Waals surface area contributed by atoms with Crippen LogP contribution in [0.3, 0.4) is 0 Å². The van der Waals surface area contributed by atoms with Crippen molar-refractivity contribution in [2.75, 3.05) is 13.1 Å². The van der Waals surface area contributed by atoms with Crippen molar-refractivity contribution in [1.29, 1.82) is 0 Å². The molecule has 3 aromatic heterocycles. The number of imidazole rings is 2. The molecule has 0 aliphatic carbocycles. The molecule has 4 heterocycles. The number of fused-ring (bicyclic) bond motifs is 1. The van der Waals surface area contributed by atoms with Crippen molar-refractivity contribution < 1.29 is 23.8 Å². The Morgan fingerprint density at radius 1 is 1.11 bits per heavy atom. The van der Waals surface area contributed by atoms with Gasteiger partial charge in [-0.1, -0.05) is 23.7 Å². The van der Waals surface area contributed by atoms with Crippen LogP contribution in [0.4, 0.5) is 4.39 Å². The summed E-state index contributed by atoms with van der Waals surface area (Å²) in [5.74, 6) is 0.268. The molecule has 2 aromatic carbocycles. The molecule has 1 saturated heterocycles. The SMILES string of the molecule is CCn1cncc1Cn1c(CN2CCC(Oc3cccc(COc4ccc(Cl)cc4F)c3)CC2)nc2ccc(/C=C/C(=O)O)nc21. The van der Waals surface area contributed by atoms with Gasteiger partial charge in [0.05, 0.1) is 30.8 Å². The van der Waals surface area contributed by atoms with Gasteiger partial charge in [-0.05, 0) is 73.9 Å². The van der Waals surface area contributed by atoms with Gasteiger partial charge < -0.3 is 23.7 Å². The van der Waals surface area contributed by atoms with E-state index in [4.69, 9.17) is 36.1 Å². The van der Waals surface area contributed by atoms with Gasteiger partial charge in [-0.2, -0.15) is 0 Å². The third-order valence-corrected chi connectivity index (χ3v) is 8.17. The van der Waals surface area contributed by atoms with Crippen LogP contribution in [0.5, 0.6) is 11.5 Å². The molecule has 1 fully saturated rings. The molecule has 0 amide bonds. The molecule has 5 aromatic rings. The number of halogens is 2. The largest absolute Gasteiger partial charge is 0.490 e. The van der Waals surface area contributed by atoms with Crippen molar-refractivity contribution in [1.82, 2.24) is 29.0 Å². The van der Waals surface area contributed by atoms with Crippen LogP contribution < -0.4 is 9.47 Å². The number of carboxylic acid groups (broad SMARTS) is 1. The lowest BCUT2D eigenvalue weighted by molar-refractivity contribution is -0.131. The van der Waals surface area contributed by atoms with E-state index >= 15 is 0 Å². The average molecular weight is 645 g/mol. The normalized spacial score (nSPS) is 14.3. The molecular formula is C34H34ClFN6O4. The predicted octanol–water partition coefficient (Wildman–Crippen LogP) is 6.21. The Morgan fingerprint density at radius 3 is 2.74 bits per heavy atom. The van der Waals surface area contributed by atoms with Crippen molar-refractivity contribution in [3.05, 3.63) is 107 Å². The molecule has 10 nitrogen and oxygen atoms in total. The zero-order valence-corrected chi connectivity index (χ0v) is 26.1. The van der Waals surface area contributed by atoms with E-state index in [0.29, 0.717) is 29.5 Å². The molecular weight excluding hydrogens is 611 g/mol. The van der Waals surface area contributed by atoms with Crippen LogP contribution in [0.2, 0.25) is 5.02 Å². The minimum Gasteiger partial charge on any atom is -0.490 e. The summed E-state index contributed by atoms with van der Waals surface area (Å²) in [7, 11) is 0. The van der Waals surface area contributed by atoms with E-state index in [2.05, 4.69) is 25.9 Å². The fourth-order valence-corrected chi connectivity index (χ4v) is 5.72. The Balaban J connectivity index is 1.11. The molecule has 0 radical (unpaired) electrons. The Morgan fingerprint density at radius 2 is 1.96 bits per heavy atom. The molecule has 0 atom stereocenters. The smallest absolute Gasteiger partial charge is 0.328 e. The number of ether oxygens (including phenoxy) is 2. The third-order valence-electron chi connectivity index (χ3n) is 7.94. The number of benzene rings is 2. The second-order valence-corrected chi connectivity index (χ2v) is 11.6. The van der Waals surface area contributed by atoms with Crippen molar-refractivity contribution in [2.24, 2.45) is 0 Å². The van der Waals surface area contributed by atoms with Gasteiger partial charge in [0, 0.05) is 36.9 Å². The number of carboxylic acids is 1. The highest BCUT2D eigenvalue weighted by Crippen LogP contribution is 2.25. The Bertz CT molecular complexity index is 1860. The summed E-state index contributed by atoms with van der Waals surface area (Å²) in [6.45, 7) is 5.92. The van der Waals surface area contributed by atoms with Crippen LogP contribution in [0.15, 0.2) is 73.2 Å². The number of carbonyl (C=O) groups is 1. The van der Waals surface area contributed by atoms with E-state index < -0.39 is 11.8 Å². The van der Waals surface area contributed by atoms with Crippen LogP contribution in [0.1, 0.15) is 42.5 Å². The molecule has 0 bridgehead atoms. The van der Waals surface area contributed by atoms with Crippen LogP contribution in [0.25, 0.3) is 17.2 Å². The highest BCUT2D eigenvalue weighted by atomic mass is 35.5. The van der Waals surface area contributed by atoms with Gasteiger partial charge in [-0.25, -0.2) is 24.1 Å². The monoisotopic (exact) mass is 644 g/mol. The highest BCUT2D eigenvalue weighted by Gasteiger charge is 2.24. The number of likely N-dealkylation sites (tertiary alicyclic amines) is 1. The summed E-state index contributed by atoms with van der Waals surface area (Å²) < 4.78 is 30.3. The highest BCUT2D eigenvalue weighted by molar-refractivity contribution is 6.30. The topological polar surface area (TPSA) is 108 Å². The first kappa shape index (κ1) is 31.3. The lowest BCUT2D eigenvalue weighted by atomic mass is 10.1. The Hall–Kier alpha value is -4.74. The molecule has 46 heavy (non-hydrogen) atoms. The number of piperidine rings is 1. The van der Waals surface area contributed by atoms with Crippen LogP contribution in [-0.4, -0.2) is 59.3 Å². The van der Waals surface area contributed by atoms with Crippen LogP contribution >= 0.6 is 11.6 Å². The Labute approximate surface area is 270 Å². The molecule has 1 N–H and O–H groups in total. The maximum absolute atomic E-state index is 14.1. The zero-order valence-electron chi connectivity index (χ0n) is 25.4. The number of pyridine rings is 1. The summed E-state index contributed by atoms with van der Waals surface area (Å²) in [5, 5.41) is 9.39.